The van der Waals surface area contributed by atoms with Crippen LogP contribution >= 0.6 is 0 Å². The zero-order valence-corrected chi connectivity index (χ0v) is 12.7. The fourth-order valence-corrected chi connectivity index (χ4v) is 1.95. The standard InChI is InChI=1S/C11H11N4.C5H5.Fe/c1-7-14-10(8-4-2-3-5-8)9(6-12)11(13)15-7;1-2-4-5-3-1;/h2-5,10H,13H2,1H3,(H,14,15);1-5H;/q;;+2. The summed E-state index contributed by atoms with van der Waals surface area (Å²) >= 11 is 0. The Bertz CT molecular complexity index is 418. The maximum Gasteiger partial charge on any atom is 2.00 e. The topological polar surface area (TPSA) is 74.2 Å². The fourth-order valence-electron chi connectivity index (χ4n) is 1.95. The van der Waals surface area contributed by atoms with E-state index in [1.807, 2.05) is 64.7 Å². The molecule has 1 unspecified atom stereocenters. The van der Waals surface area contributed by atoms with Gasteiger partial charge in [-0.2, -0.15) is 5.26 Å². The van der Waals surface area contributed by atoms with Gasteiger partial charge in [0.25, 0.3) is 0 Å². The van der Waals surface area contributed by atoms with Crippen molar-refractivity contribution in [1.29, 1.82) is 5.26 Å². The number of aliphatic imine (C=N–C) groups is 1. The molecular weight excluding hydrogens is 304 g/mol. The van der Waals surface area contributed by atoms with Gasteiger partial charge in [-0.3, -0.25) is 4.99 Å². The number of hydrogen-bond donors (Lipinski definition) is 2. The van der Waals surface area contributed by atoms with Gasteiger partial charge in [-0.1, -0.05) is 0 Å². The van der Waals surface area contributed by atoms with E-state index >= 15 is 0 Å². The minimum atomic E-state index is -0.258. The average molecular weight is 320 g/mol. The fraction of sp³-hybridized carbons (Fsp3) is 0.125. The molecule has 1 atom stereocenters. The molecule has 21 heavy (non-hydrogen) atoms. The molecule has 0 aromatic heterocycles. The monoisotopic (exact) mass is 320 g/mol. The van der Waals surface area contributed by atoms with Gasteiger partial charge in [-0.05, 0) is 64.7 Å². The summed E-state index contributed by atoms with van der Waals surface area (Å²) < 4.78 is 0. The molecule has 0 aromatic carbocycles. The number of amidine groups is 1. The summed E-state index contributed by atoms with van der Waals surface area (Å²) in [6, 6.07) is 1.84. The predicted octanol–water partition coefficient (Wildman–Crippen LogP) is 1.49. The van der Waals surface area contributed by atoms with Crippen molar-refractivity contribution in [2.24, 2.45) is 10.7 Å². The summed E-state index contributed by atoms with van der Waals surface area (Å²) in [6.45, 7) is 1.83. The summed E-state index contributed by atoms with van der Waals surface area (Å²) in [6.07, 6.45) is 17.7. The first-order valence-corrected chi connectivity index (χ1v) is 6.32. The van der Waals surface area contributed by atoms with E-state index in [-0.39, 0.29) is 23.1 Å². The van der Waals surface area contributed by atoms with Gasteiger partial charge in [0.2, 0.25) is 0 Å². The first-order chi connectivity index (χ1) is 9.72. The SMILES string of the molecule is CC1=NC([C]2[CH][CH][CH][CH]2)C(C#N)=C(N)N1.[CH]1[CH][CH][CH][CH]1.[Fe+2]. The Morgan fingerprint density at radius 2 is 1.62 bits per heavy atom. The number of rotatable bonds is 1. The largest absolute Gasteiger partial charge is 2.00 e. The molecule has 106 valence electrons. The van der Waals surface area contributed by atoms with Crippen LogP contribution in [0.2, 0.25) is 0 Å². The van der Waals surface area contributed by atoms with Crippen LogP contribution in [0.3, 0.4) is 0 Å². The Labute approximate surface area is 138 Å². The second-order valence-electron chi connectivity index (χ2n) is 4.36. The van der Waals surface area contributed by atoms with Gasteiger partial charge < -0.3 is 11.1 Å². The van der Waals surface area contributed by atoms with E-state index in [9.17, 15) is 0 Å². The summed E-state index contributed by atoms with van der Waals surface area (Å²) in [5.74, 6) is 2.13. The van der Waals surface area contributed by atoms with Gasteiger partial charge in [0.05, 0.1) is 17.5 Å². The molecule has 3 N–H and O–H groups in total. The number of nitriles is 1. The van der Waals surface area contributed by atoms with Crippen molar-refractivity contribution >= 4 is 5.84 Å². The van der Waals surface area contributed by atoms with Crippen LogP contribution in [0.5, 0.6) is 0 Å². The van der Waals surface area contributed by atoms with Crippen LogP contribution in [0, 0.1) is 75.0 Å². The van der Waals surface area contributed by atoms with Crippen LogP contribution in [-0.4, -0.2) is 11.9 Å². The van der Waals surface area contributed by atoms with Crippen molar-refractivity contribution in [3.8, 4) is 6.07 Å². The third kappa shape index (κ3) is 5.05. The van der Waals surface area contributed by atoms with Crippen molar-refractivity contribution in [2.75, 3.05) is 0 Å². The maximum atomic E-state index is 9.02. The predicted molar refractivity (Wildman–Crippen MR) is 78.8 cm³/mol. The van der Waals surface area contributed by atoms with Crippen molar-refractivity contribution in [2.45, 2.75) is 13.0 Å². The summed E-state index contributed by atoms with van der Waals surface area (Å²) in [4.78, 5) is 4.37. The second kappa shape index (κ2) is 9.12. The van der Waals surface area contributed by atoms with Crippen LogP contribution in [0.25, 0.3) is 0 Å². The molecule has 3 rings (SSSR count). The Kier molecular flexibility index (Phi) is 7.85. The number of nitrogens with two attached hydrogens (primary N) is 1. The number of nitrogens with zero attached hydrogens (tertiary/aromatic N) is 2. The van der Waals surface area contributed by atoms with E-state index in [2.05, 4.69) is 16.4 Å². The molecule has 3 aliphatic rings. The summed E-state index contributed by atoms with van der Waals surface area (Å²) in [5, 5.41) is 11.9. The van der Waals surface area contributed by atoms with E-state index in [1.54, 1.807) is 0 Å². The van der Waals surface area contributed by atoms with Gasteiger partial charge in [0, 0.05) is 5.92 Å². The molecule has 0 spiro atoms. The summed E-state index contributed by atoms with van der Waals surface area (Å²) in [5.41, 5.74) is 6.22. The molecule has 1 aliphatic heterocycles. The van der Waals surface area contributed by atoms with E-state index in [0.717, 1.165) is 11.8 Å². The summed E-state index contributed by atoms with van der Waals surface area (Å²) in [7, 11) is 0. The van der Waals surface area contributed by atoms with Crippen LogP contribution in [0.15, 0.2) is 16.4 Å². The van der Waals surface area contributed by atoms with Gasteiger partial charge in [0.15, 0.2) is 0 Å². The maximum absolute atomic E-state index is 9.02. The zero-order valence-electron chi connectivity index (χ0n) is 11.6. The first kappa shape index (κ1) is 18.1. The third-order valence-electron chi connectivity index (χ3n) is 2.88. The van der Waals surface area contributed by atoms with Crippen LogP contribution in [0.1, 0.15) is 6.92 Å². The molecule has 4 nitrogen and oxygen atoms in total. The molecule has 2 aliphatic carbocycles. The van der Waals surface area contributed by atoms with Crippen LogP contribution < -0.4 is 11.1 Å². The Morgan fingerprint density at radius 1 is 1.10 bits per heavy atom. The van der Waals surface area contributed by atoms with Crippen molar-refractivity contribution in [3.63, 3.8) is 0 Å². The van der Waals surface area contributed by atoms with E-state index in [1.165, 1.54) is 0 Å². The molecule has 2 fully saturated rings. The quantitative estimate of drug-likeness (QED) is 0.719. The normalized spacial score (nSPS) is 25.1. The van der Waals surface area contributed by atoms with Crippen LogP contribution in [0.4, 0.5) is 0 Å². The van der Waals surface area contributed by atoms with E-state index in [0.29, 0.717) is 11.4 Å². The molecule has 0 amide bonds. The Morgan fingerprint density at radius 3 is 2.10 bits per heavy atom. The van der Waals surface area contributed by atoms with Gasteiger partial charge >= 0.3 is 17.1 Å². The van der Waals surface area contributed by atoms with Gasteiger partial charge in [0.1, 0.15) is 11.9 Å². The van der Waals surface area contributed by atoms with E-state index in [4.69, 9.17) is 11.0 Å². The van der Waals surface area contributed by atoms with Gasteiger partial charge in [-0.25, -0.2) is 0 Å². The Balaban J connectivity index is 0.000000313. The number of hydrogen-bond acceptors (Lipinski definition) is 4. The van der Waals surface area contributed by atoms with E-state index < -0.39 is 0 Å². The first-order valence-electron chi connectivity index (χ1n) is 6.32. The van der Waals surface area contributed by atoms with Gasteiger partial charge in [-0.15, -0.1) is 0 Å². The smallest absolute Gasteiger partial charge is 0.384 e. The van der Waals surface area contributed by atoms with Crippen molar-refractivity contribution in [1.82, 2.24) is 5.32 Å². The van der Waals surface area contributed by atoms with Crippen molar-refractivity contribution < 1.29 is 17.1 Å². The zero-order chi connectivity index (χ0) is 14.4. The Hall–Kier alpha value is -0.981. The molecule has 10 radical (unpaired) electrons. The minimum absolute atomic E-state index is 0. The molecule has 5 heteroatoms. The molecule has 0 bridgehead atoms. The van der Waals surface area contributed by atoms with Crippen LogP contribution in [-0.2, 0) is 17.1 Å². The molecule has 2 saturated carbocycles. The second-order valence-corrected chi connectivity index (χ2v) is 4.36. The van der Waals surface area contributed by atoms with Crippen molar-refractivity contribution in [3.05, 3.63) is 75.1 Å². The molecule has 0 saturated heterocycles. The third-order valence-corrected chi connectivity index (χ3v) is 2.88. The average Bonchev–Trinajstić information content (AvgIpc) is 3.14. The molecular formula is C16H16FeN4+2. The minimum Gasteiger partial charge on any atom is -0.384 e. The molecule has 1 heterocycles. The molecule has 0 aromatic rings. The number of nitrogens with one attached hydrogen (secondary N) is 1.